The van der Waals surface area contributed by atoms with Gasteiger partial charge in [-0.1, -0.05) is 15.9 Å². The van der Waals surface area contributed by atoms with Gasteiger partial charge in [-0.25, -0.2) is 11.1 Å². The van der Waals surface area contributed by atoms with Crippen molar-refractivity contribution in [2.24, 2.45) is 0 Å². The second kappa shape index (κ2) is 3.57. The van der Waals surface area contributed by atoms with Crippen LogP contribution in [0.4, 0.5) is 20.3 Å². The maximum atomic E-state index is 11.9. The van der Waals surface area contributed by atoms with Gasteiger partial charge in [0.05, 0.1) is 5.69 Å². The van der Waals surface area contributed by atoms with Crippen molar-refractivity contribution in [3.63, 3.8) is 0 Å². The summed E-state index contributed by atoms with van der Waals surface area (Å²) < 4.78 is 24.3. The number of phenols is 1. The molecule has 0 fully saturated rings. The van der Waals surface area contributed by atoms with Gasteiger partial charge in [0.1, 0.15) is 11.4 Å². The van der Waals surface area contributed by atoms with E-state index in [2.05, 4.69) is 15.9 Å². The summed E-state index contributed by atoms with van der Waals surface area (Å²) in [5.41, 5.74) is 1.90. The molecule has 0 aliphatic heterocycles. The highest BCUT2D eigenvalue weighted by molar-refractivity contribution is 9.10. The van der Waals surface area contributed by atoms with E-state index in [0.717, 1.165) is 0 Å². The Bertz CT molecular complexity index is 295. The van der Waals surface area contributed by atoms with Gasteiger partial charge in [0, 0.05) is 4.47 Å². The van der Waals surface area contributed by atoms with Crippen LogP contribution in [0.1, 0.15) is 0 Å². The maximum absolute atomic E-state index is 11.9. The van der Waals surface area contributed by atoms with Crippen molar-refractivity contribution in [1.29, 1.82) is 0 Å². The van der Waals surface area contributed by atoms with Crippen molar-refractivity contribution in [3.8, 4) is 5.75 Å². The lowest BCUT2D eigenvalue weighted by molar-refractivity contribution is 0.470. The number of rotatable bonds is 2. The number of aromatic hydroxyl groups is 1. The van der Waals surface area contributed by atoms with Crippen LogP contribution in [0.15, 0.2) is 16.6 Å². The Kier molecular flexibility index (Phi) is 2.69. The lowest BCUT2D eigenvalue weighted by atomic mass is 10.2. The van der Waals surface area contributed by atoms with Crippen LogP contribution in [-0.4, -0.2) is 5.11 Å². The van der Waals surface area contributed by atoms with Crippen molar-refractivity contribution in [2.45, 2.75) is 0 Å². The monoisotopic (exact) mass is 238 g/mol. The first-order valence-electron chi connectivity index (χ1n) is 2.95. The molecule has 3 nitrogen and oxygen atoms in total. The third-order valence-corrected chi connectivity index (χ3v) is 1.74. The molecule has 0 amide bonds. The van der Waals surface area contributed by atoms with E-state index in [-0.39, 0.29) is 17.1 Å². The molecular formula is C6H5BrF2N2O. The summed E-state index contributed by atoms with van der Waals surface area (Å²) in [6, 6.07) is 2.52. The fourth-order valence-electron chi connectivity index (χ4n) is 0.766. The summed E-state index contributed by atoms with van der Waals surface area (Å²) in [4.78, 5) is 0. The molecule has 0 radical (unpaired) electrons. The van der Waals surface area contributed by atoms with Gasteiger partial charge in [-0.2, -0.15) is 0 Å². The predicted octanol–water partition coefficient (Wildman–Crippen LogP) is 2.75. The smallest absolute Gasteiger partial charge is 0.144 e. The van der Waals surface area contributed by atoms with Crippen molar-refractivity contribution in [2.75, 3.05) is 11.1 Å². The first-order valence-corrected chi connectivity index (χ1v) is 3.74. The predicted molar refractivity (Wildman–Crippen MR) is 45.3 cm³/mol. The Labute approximate surface area is 75.4 Å². The minimum Gasteiger partial charge on any atom is -0.506 e. The van der Waals surface area contributed by atoms with Gasteiger partial charge in [-0.3, -0.25) is 0 Å². The van der Waals surface area contributed by atoms with E-state index < -0.39 is 0 Å². The summed E-state index contributed by atoms with van der Waals surface area (Å²) in [6.45, 7) is 0. The largest absolute Gasteiger partial charge is 0.506 e. The van der Waals surface area contributed by atoms with Crippen LogP contribution in [0, 0.1) is 0 Å². The average molecular weight is 239 g/mol. The van der Waals surface area contributed by atoms with E-state index >= 15 is 0 Å². The quantitative estimate of drug-likeness (QED) is 0.549. The van der Waals surface area contributed by atoms with Gasteiger partial charge in [0.25, 0.3) is 0 Å². The highest BCUT2D eigenvalue weighted by Gasteiger charge is 2.08. The van der Waals surface area contributed by atoms with E-state index in [1.807, 2.05) is 0 Å². The number of hydrogen-bond donors (Lipinski definition) is 3. The van der Waals surface area contributed by atoms with Crippen molar-refractivity contribution in [3.05, 3.63) is 16.6 Å². The molecule has 1 aromatic rings. The molecule has 0 spiro atoms. The molecule has 0 saturated heterocycles. The highest BCUT2D eigenvalue weighted by Crippen LogP contribution is 2.35. The second-order valence-electron chi connectivity index (χ2n) is 2.04. The molecule has 0 aromatic heterocycles. The van der Waals surface area contributed by atoms with Gasteiger partial charge in [0.2, 0.25) is 0 Å². The summed E-state index contributed by atoms with van der Waals surface area (Å²) in [6.07, 6.45) is 0. The van der Waals surface area contributed by atoms with Gasteiger partial charge < -0.3 is 5.11 Å². The molecule has 0 aliphatic carbocycles. The molecule has 0 heterocycles. The Morgan fingerprint density at radius 2 is 1.92 bits per heavy atom. The van der Waals surface area contributed by atoms with E-state index in [1.54, 1.807) is 0 Å². The lowest BCUT2D eigenvalue weighted by Gasteiger charge is -2.06. The molecule has 66 valence electrons. The third kappa shape index (κ3) is 1.58. The summed E-state index contributed by atoms with van der Waals surface area (Å²) in [7, 11) is 0. The summed E-state index contributed by atoms with van der Waals surface area (Å²) in [5, 5.41) is 9.06. The van der Waals surface area contributed by atoms with Crippen LogP contribution in [0.3, 0.4) is 0 Å². The minimum absolute atomic E-state index is 0.177. The second-order valence-corrected chi connectivity index (χ2v) is 2.95. The molecule has 1 rings (SSSR count). The number of benzene rings is 1. The van der Waals surface area contributed by atoms with E-state index in [4.69, 9.17) is 5.11 Å². The topological polar surface area (TPSA) is 44.3 Å². The van der Waals surface area contributed by atoms with Crippen LogP contribution >= 0.6 is 15.9 Å². The average Bonchev–Trinajstić information content (AvgIpc) is 2.03. The fourth-order valence-corrected chi connectivity index (χ4v) is 1.21. The van der Waals surface area contributed by atoms with Gasteiger partial charge in [0.15, 0.2) is 0 Å². The number of nitrogens with one attached hydrogen (secondary N) is 2. The van der Waals surface area contributed by atoms with Crippen LogP contribution in [-0.2, 0) is 0 Å². The van der Waals surface area contributed by atoms with Crippen molar-refractivity contribution in [1.82, 2.24) is 0 Å². The van der Waals surface area contributed by atoms with Crippen LogP contribution in [0.25, 0.3) is 0 Å². The van der Waals surface area contributed by atoms with E-state index in [1.165, 1.54) is 23.2 Å². The van der Waals surface area contributed by atoms with Gasteiger partial charge in [-0.15, -0.1) is 8.96 Å². The molecule has 0 atom stereocenters. The summed E-state index contributed by atoms with van der Waals surface area (Å²) in [5.74, 6) is -0.382. The minimum atomic E-state index is -0.382. The Morgan fingerprint density at radius 3 is 2.42 bits per heavy atom. The molecule has 0 bridgehead atoms. The molecule has 12 heavy (non-hydrogen) atoms. The first-order chi connectivity index (χ1) is 5.69. The number of hydrogen-bond acceptors (Lipinski definition) is 3. The summed E-state index contributed by atoms with van der Waals surface area (Å²) >= 11 is 3.00. The van der Waals surface area contributed by atoms with Gasteiger partial charge >= 0.3 is 0 Å². The molecule has 1 aromatic carbocycles. The Balaban J connectivity index is 3.24. The zero-order chi connectivity index (χ0) is 9.14. The molecule has 6 heteroatoms. The Hall–Kier alpha value is -1.04. The van der Waals surface area contributed by atoms with Crippen LogP contribution < -0.4 is 11.1 Å². The third-order valence-electron chi connectivity index (χ3n) is 1.28. The maximum Gasteiger partial charge on any atom is 0.144 e. The highest BCUT2D eigenvalue weighted by atomic mass is 79.9. The molecule has 0 saturated carbocycles. The molecule has 3 N–H and O–H groups in total. The first kappa shape index (κ1) is 9.05. The van der Waals surface area contributed by atoms with Crippen molar-refractivity contribution >= 4 is 27.3 Å². The number of anilines is 2. The van der Waals surface area contributed by atoms with Crippen LogP contribution in [0.2, 0.25) is 0 Å². The zero-order valence-electron chi connectivity index (χ0n) is 5.74. The molecule has 0 unspecified atom stereocenters. The zero-order valence-corrected chi connectivity index (χ0v) is 7.32. The normalized spacial score (nSPS) is 9.58. The lowest BCUT2D eigenvalue weighted by Crippen LogP contribution is -1.90. The SMILES string of the molecule is Oc1cc(Br)cc(NF)c1NF. The number of halogens is 3. The molecular weight excluding hydrogens is 234 g/mol. The van der Waals surface area contributed by atoms with E-state index in [0.29, 0.717) is 4.47 Å². The molecule has 0 aliphatic rings. The van der Waals surface area contributed by atoms with Gasteiger partial charge in [-0.05, 0) is 12.1 Å². The Morgan fingerprint density at radius 1 is 1.25 bits per heavy atom. The standard InChI is InChI=1S/C6H5BrF2N2O/c7-3-1-4(10-8)6(11-9)5(12)2-3/h1-2,10-12H. The van der Waals surface area contributed by atoms with E-state index in [9.17, 15) is 8.96 Å². The van der Waals surface area contributed by atoms with Crippen LogP contribution in [0.5, 0.6) is 5.75 Å². The fraction of sp³-hybridized carbons (Fsp3) is 0. The van der Waals surface area contributed by atoms with Crippen molar-refractivity contribution < 1.29 is 14.1 Å². The number of phenolic OH excluding ortho intramolecular Hbond substituents is 1.